The molecule has 0 N–H and O–H groups in total. The lowest BCUT2D eigenvalue weighted by molar-refractivity contribution is -0.133. The van der Waals surface area contributed by atoms with Crippen LogP contribution in [0.25, 0.3) is 10.9 Å². The van der Waals surface area contributed by atoms with Gasteiger partial charge in [-0.25, -0.2) is 4.98 Å². The van der Waals surface area contributed by atoms with E-state index in [1.165, 1.54) is 0 Å². The van der Waals surface area contributed by atoms with E-state index in [4.69, 9.17) is 19.2 Å². The van der Waals surface area contributed by atoms with Gasteiger partial charge in [0.15, 0.2) is 0 Å². The second-order valence-electron chi connectivity index (χ2n) is 9.51. The number of hydrogen-bond acceptors (Lipinski definition) is 7. The maximum Gasteiger partial charge on any atom is 0.224 e. The number of methoxy groups -OCH3 is 1. The molecule has 1 amide bonds. The van der Waals surface area contributed by atoms with E-state index in [1.54, 1.807) is 7.11 Å². The van der Waals surface area contributed by atoms with Gasteiger partial charge in [-0.05, 0) is 44.0 Å². The zero-order valence-electron chi connectivity index (χ0n) is 21.2. The van der Waals surface area contributed by atoms with E-state index in [-0.39, 0.29) is 12.0 Å². The second kappa shape index (κ2) is 11.3. The quantitative estimate of drug-likeness (QED) is 0.453. The first kappa shape index (κ1) is 24.5. The number of benzene rings is 1. The summed E-state index contributed by atoms with van der Waals surface area (Å²) in [6.45, 7) is 7.22. The average Bonchev–Trinajstić information content (AvgIpc) is 3.58. The standard InChI is InChI=1S/C27H35N5O4/c1-20-7-9-32(29-20)10-8-26(33)31(19-24-4-3-13-36-24)18-22-16-21-5-6-23(34-2)17-25(21)28-27(22)30-11-14-35-15-12-30/h5-7,9,16-17,24H,3-4,8,10-15,18-19H2,1-2H3. The maximum absolute atomic E-state index is 13.5. The Kier molecular flexibility index (Phi) is 7.67. The van der Waals surface area contributed by atoms with Gasteiger partial charge in [-0.15, -0.1) is 0 Å². The largest absolute Gasteiger partial charge is 0.497 e. The van der Waals surface area contributed by atoms with Crippen molar-refractivity contribution in [2.45, 2.75) is 45.4 Å². The van der Waals surface area contributed by atoms with Gasteiger partial charge in [0.1, 0.15) is 11.6 Å². The first-order valence-electron chi connectivity index (χ1n) is 12.8. The van der Waals surface area contributed by atoms with E-state index in [0.717, 1.165) is 66.3 Å². The number of aryl methyl sites for hydroxylation is 2. The van der Waals surface area contributed by atoms with Gasteiger partial charge in [0.05, 0.1) is 37.6 Å². The number of amides is 1. The van der Waals surface area contributed by atoms with Gasteiger partial charge < -0.3 is 24.0 Å². The summed E-state index contributed by atoms with van der Waals surface area (Å²) in [4.78, 5) is 22.8. The van der Waals surface area contributed by atoms with Crippen LogP contribution in [-0.4, -0.2) is 78.2 Å². The Bertz CT molecular complexity index is 1180. The summed E-state index contributed by atoms with van der Waals surface area (Å²) in [5, 5.41) is 5.46. The Morgan fingerprint density at radius 2 is 2.06 bits per heavy atom. The van der Waals surface area contributed by atoms with Crippen molar-refractivity contribution in [3.8, 4) is 5.75 Å². The molecule has 4 heterocycles. The number of ether oxygens (including phenoxy) is 3. The van der Waals surface area contributed by atoms with E-state index in [2.05, 4.69) is 16.1 Å². The number of rotatable bonds is 9. The Labute approximate surface area is 211 Å². The highest BCUT2D eigenvalue weighted by Gasteiger charge is 2.25. The Hall–Kier alpha value is -3.17. The van der Waals surface area contributed by atoms with Crippen LogP contribution < -0.4 is 9.64 Å². The molecule has 2 aliphatic rings. The normalized spacial score (nSPS) is 18.1. The predicted molar refractivity (Wildman–Crippen MR) is 137 cm³/mol. The second-order valence-corrected chi connectivity index (χ2v) is 9.51. The minimum atomic E-state index is 0.0745. The van der Waals surface area contributed by atoms with Crippen LogP contribution in [0.2, 0.25) is 0 Å². The Balaban J connectivity index is 1.43. The van der Waals surface area contributed by atoms with E-state index in [1.807, 2.05) is 47.0 Å². The molecule has 1 unspecified atom stereocenters. The van der Waals surface area contributed by atoms with Gasteiger partial charge in [0, 0.05) is 69.0 Å². The molecule has 2 fully saturated rings. The van der Waals surface area contributed by atoms with Crippen LogP contribution in [-0.2, 0) is 27.4 Å². The minimum absolute atomic E-state index is 0.0745. The number of hydrogen-bond donors (Lipinski definition) is 0. The smallest absolute Gasteiger partial charge is 0.224 e. The third-order valence-electron chi connectivity index (χ3n) is 6.88. The summed E-state index contributed by atoms with van der Waals surface area (Å²) in [6.07, 6.45) is 4.40. The lowest BCUT2D eigenvalue weighted by Gasteiger charge is -2.32. The fourth-order valence-corrected chi connectivity index (χ4v) is 4.92. The predicted octanol–water partition coefficient (Wildman–Crippen LogP) is 3.18. The summed E-state index contributed by atoms with van der Waals surface area (Å²) in [7, 11) is 1.66. The zero-order valence-corrected chi connectivity index (χ0v) is 21.2. The van der Waals surface area contributed by atoms with Crippen molar-refractivity contribution >= 4 is 22.6 Å². The van der Waals surface area contributed by atoms with E-state index in [0.29, 0.717) is 39.3 Å². The summed E-state index contributed by atoms with van der Waals surface area (Å²) >= 11 is 0. The van der Waals surface area contributed by atoms with Crippen molar-refractivity contribution in [1.29, 1.82) is 0 Å². The number of carbonyl (C=O) groups is 1. The van der Waals surface area contributed by atoms with Gasteiger partial charge >= 0.3 is 0 Å². The van der Waals surface area contributed by atoms with E-state index >= 15 is 0 Å². The highest BCUT2D eigenvalue weighted by molar-refractivity contribution is 5.84. The summed E-state index contributed by atoms with van der Waals surface area (Å²) in [5.41, 5.74) is 2.87. The van der Waals surface area contributed by atoms with Crippen molar-refractivity contribution in [3.63, 3.8) is 0 Å². The van der Waals surface area contributed by atoms with Crippen molar-refractivity contribution < 1.29 is 19.0 Å². The number of nitrogens with zero attached hydrogens (tertiary/aromatic N) is 5. The molecule has 2 aromatic heterocycles. The highest BCUT2D eigenvalue weighted by atomic mass is 16.5. The number of pyridine rings is 1. The van der Waals surface area contributed by atoms with Crippen molar-refractivity contribution in [2.75, 3.05) is 51.5 Å². The third-order valence-corrected chi connectivity index (χ3v) is 6.88. The van der Waals surface area contributed by atoms with Crippen molar-refractivity contribution in [3.05, 3.63) is 47.8 Å². The van der Waals surface area contributed by atoms with Gasteiger partial charge in [0.2, 0.25) is 5.91 Å². The number of anilines is 1. The molecule has 1 aromatic carbocycles. The van der Waals surface area contributed by atoms with Crippen molar-refractivity contribution in [2.24, 2.45) is 0 Å². The molecule has 0 bridgehead atoms. The van der Waals surface area contributed by atoms with Gasteiger partial charge in [-0.3, -0.25) is 9.48 Å². The topological polar surface area (TPSA) is 82.0 Å². The molecule has 5 rings (SSSR count). The highest BCUT2D eigenvalue weighted by Crippen LogP contribution is 2.29. The van der Waals surface area contributed by atoms with Gasteiger partial charge in [-0.1, -0.05) is 0 Å². The number of fused-ring (bicyclic) bond motifs is 1. The molecule has 192 valence electrons. The van der Waals surface area contributed by atoms with Crippen LogP contribution >= 0.6 is 0 Å². The van der Waals surface area contributed by atoms with Crippen LogP contribution in [0.3, 0.4) is 0 Å². The summed E-state index contributed by atoms with van der Waals surface area (Å²) in [6, 6.07) is 10.1. The summed E-state index contributed by atoms with van der Waals surface area (Å²) < 4.78 is 18.8. The number of carbonyl (C=O) groups excluding carboxylic acids is 1. The fourth-order valence-electron chi connectivity index (χ4n) is 4.92. The average molecular weight is 494 g/mol. The minimum Gasteiger partial charge on any atom is -0.497 e. The van der Waals surface area contributed by atoms with Crippen LogP contribution in [0.4, 0.5) is 5.82 Å². The molecular weight excluding hydrogens is 458 g/mol. The van der Waals surface area contributed by atoms with Gasteiger partial charge in [-0.2, -0.15) is 5.10 Å². The van der Waals surface area contributed by atoms with Crippen LogP contribution in [0, 0.1) is 6.92 Å². The molecule has 3 aromatic rings. The molecule has 0 radical (unpaired) electrons. The third kappa shape index (κ3) is 5.79. The SMILES string of the molecule is COc1ccc2cc(CN(CC3CCCO3)C(=O)CCn3ccc(C)n3)c(N3CCOCC3)nc2c1. The monoisotopic (exact) mass is 493 g/mol. The van der Waals surface area contributed by atoms with Crippen molar-refractivity contribution in [1.82, 2.24) is 19.7 Å². The molecule has 0 aliphatic carbocycles. The molecule has 0 spiro atoms. The number of morpholine rings is 1. The molecular formula is C27H35N5O4. The molecule has 9 nitrogen and oxygen atoms in total. The van der Waals surface area contributed by atoms with E-state index < -0.39 is 0 Å². The molecule has 9 heteroatoms. The van der Waals surface area contributed by atoms with Gasteiger partial charge in [0.25, 0.3) is 0 Å². The molecule has 0 saturated carbocycles. The molecule has 2 saturated heterocycles. The van der Waals surface area contributed by atoms with E-state index in [9.17, 15) is 4.79 Å². The fraction of sp³-hybridized carbons (Fsp3) is 0.519. The van der Waals surface area contributed by atoms with Crippen LogP contribution in [0.5, 0.6) is 5.75 Å². The first-order chi connectivity index (χ1) is 17.6. The number of aromatic nitrogens is 3. The zero-order chi connectivity index (χ0) is 24.9. The molecule has 2 aliphatic heterocycles. The Morgan fingerprint density at radius 1 is 1.19 bits per heavy atom. The lowest BCUT2D eigenvalue weighted by atomic mass is 10.1. The Morgan fingerprint density at radius 3 is 2.78 bits per heavy atom. The summed E-state index contributed by atoms with van der Waals surface area (Å²) in [5.74, 6) is 1.79. The maximum atomic E-state index is 13.5. The lowest BCUT2D eigenvalue weighted by Crippen LogP contribution is -2.40. The van der Waals surface area contributed by atoms with Crippen LogP contribution in [0.1, 0.15) is 30.5 Å². The first-order valence-corrected chi connectivity index (χ1v) is 12.8. The molecule has 1 atom stereocenters. The molecule has 36 heavy (non-hydrogen) atoms. The van der Waals surface area contributed by atoms with Crippen LogP contribution in [0.15, 0.2) is 36.5 Å².